The fraction of sp³-hybridized carbons (Fsp3) is 0.476. The van der Waals surface area contributed by atoms with Crippen molar-refractivity contribution >= 4 is 11.9 Å². The van der Waals surface area contributed by atoms with E-state index in [0.717, 1.165) is 38.9 Å². The lowest BCUT2D eigenvalue weighted by atomic mass is 9.90. The molecule has 0 atom stereocenters. The lowest BCUT2D eigenvalue weighted by Gasteiger charge is -2.32. The highest BCUT2D eigenvalue weighted by Crippen LogP contribution is 2.22. The Bertz CT molecular complexity index is 692. The molecule has 1 amide bonds. The number of benzene rings is 1. The lowest BCUT2D eigenvalue weighted by molar-refractivity contribution is 0.0689. The summed E-state index contributed by atoms with van der Waals surface area (Å²) in [6, 6.07) is 10.6. The van der Waals surface area contributed by atoms with Crippen LogP contribution < -0.4 is 5.32 Å². The second-order valence-electron chi connectivity index (χ2n) is 7.50. The van der Waals surface area contributed by atoms with Gasteiger partial charge in [0.05, 0.1) is 5.56 Å². The summed E-state index contributed by atoms with van der Waals surface area (Å²) in [5.41, 5.74) is 1.96. The predicted molar refractivity (Wildman–Crippen MR) is 104 cm³/mol. The molecule has 0 saturated carbocycles. The molecule has 1 saturated heterocycles. The van der Waals surface area contributed by atoms with Crippen LogP contribution in [0.5, 0.6) is 0 Å². The van der Waals surface area contributed by atoms with E-state index < -0.39 is 0 Å². The number of piperidine rings is 1. The van der Waals surface area contributed by atoms with Gasteiger partial charge in [-0.25, -0.2) is 9.97 Å². The number of amides is 1. The fourth-order valence-electron chi connectivity index (χ4n) is 3.30. The van der Waals surface area contributed by atoms with E-state index in [9.17, 15) is 4.79 Å². The van der Waals surface area contributed by atoms with Gasteiger partial charge in [-0.3, -0.25) is 4.79 Å². The molecule has 0 bridgehead atoms. The van der Waals surface area contributed by atoms with Crippen LogP contribution in [0, 0.1) is 11.8 Å². The highest BCUT2D eigenvalue weighted by atomic mass is 16.2. The van der Waals surface area contributed by atoms with Crippen molar-refractivity contribution in [1.29, 1.82) is 0 Å². The average molecular weight is 352 g/mol. The Morgan fingerprint density at radius 1 is 1.15 bits per heavy atom. The number of hydrogen-bond acceptors (Lipinski definition) is 4. The molecular formula is C21H28N4O. The first-order valence-corrected chi connectivity index (χ1v) is 9.51. The van der Waals surface area contributed by atoms with E-state index in [4.69, 9.17) is 0 Å². The van der Waals surface area contributed by atoms with Crippen LogP contribution in [0.1, 0.15) is 42.6 Å². The molecule has 1 fully saturated rings. The Hall–Kier alpha value is -2.43. The van der Waals surface area contributed by atoms with Crippen molar-refractivity contribution < 1.29 is 4.79 Å². The summed E-state index contributed by atoms with van der Waals surface area (Å²) in [4.78, 5) is 23.1. The van der Waals surface area contributed by atoms with Gasteiger partial charge < -0.3 is 10.2 Å². The van der Waals surface area contributed by atoms with Gasteiger partial charge in [-0.05, 0) is 36.7 Å². The van der Waals surface area contributed by atoms with E-state index in [-0.39, 0.29) is 5.91 Å². The first-order chi connectivity index (χ1) is 12.6. The minimum atomic E-state index is 0.0403. The van der Waals surface area contributed by atoms with Crippen molar-refractivity contribution in [3.8, 4) is 0 Å². The Morgan fingerprint density at radius 3 is 2.42 bits per heavy atom. The topological polar surface area (TPSA) is 58.1 Å². The lowest BCUT2D eigenvalue weighted by Crippen LogP contribution is -2.39. The summed E-state index contributed by atoms with van der Waals surface area (Å²) >= 11 is 0. The quantitative estimate of drug-likeness (QED) is 0.862. The number of nitrogens with zero attached hydrogens (tertiary/aromatic N) is 3. The van der Waals surface area contributed by atoms with E-state index in [1.54, 1.807) is 12.4 Å². The molecule has 5 nitrogen and oxygen atoms in total. The number of anilines is 1. The molecular weight excluding hydrogens is 324 g/mol. The number of hydrogen-bond donors (Lipinski definition) is 1. The summed E-state index contributed by atoms with van der Waals surface area (Å²) < 4.78 is 0. The maximum absolute atomic E-state index is 12.7. The SMILES string of the molecule is CC(C)CNc1ncc(C(=O)N2CCC(Cc3ccccc3)CC2)cn1. The van der Waals surface area contributed by atoms with Crippen molar-refractivity contribution in [2.75, 3.05) is 25.0 Å². The number of rotatable bonds is 6. The van der Waals surface area contributed by atoms with Crippen LogP contribution in [0.25, 0.3) is 0 Å². The molecule has 3 rings (SSSR count). The van der Waals surface area contributed by atoms with E-state index in [2.05, 4.69) is 59.5 Å². The van der Waals surface area contributed by atoms with Gasteiger partial charge in [-0.1, -0.05) is 44.2 Å². The first kappa shape index (κ1) is 18.4. The number of aromatic nitrogens is 2. The average Bonchev–Trinajstić information content (AvgIpc) is 2.68. The third-order valence-corrected chi connectivity index (χ3v) is 4.84. The maximum atomic E-state index is 12.7. The Morgan fingerprint density at radius 2 is 1.81 bits per heavy atom. The number of carbonyl (C=O) groups excluding carboxylic acids is 1. The van der Waals surface area contributed by atoms with Crippen molar-refractivity contribution in [2.45, 2.75) is 33.1 Å². The van der Waals surface area contributed by atoms with E-state index in [1.165, 1.54) is 5.56 Å². The second kappa shape index (κ2) is 8.79. The molecule has 26 heavy (non-hydrogen) atoms. The van der Waals surface area contributed by atoms with Crippen LogP contribution in [0.2, 0.25) is 0 Å². The third-order valence-electron chi connectivity index (χ3n) is 4.84. The summed E-state index contributed by atoms with van der Waals surface area (Å²) in [7, 11) is 0. The van der Waals surface area contributed by atoms with Crippen LogP contribution in [-0.2, 0) is 6.42 Å². The first-order valence-electron chi connectivity index (χ1n) is 9.51. The Labute approximate surface area is 155 Å². The zero-order valence-electron chi connectivity index (χ0n) is 15.7. The molecule has 0 spiro atoms. The summed E-state index contributed by atoms with van der Waals surface area (Å²) in [6.45, 7) is 6.70. The highest BCUT2D eigenvalue weighted by Gasteiger charge is 2.24. The third kappa shape index (κ3) is 5.04. The molecule has 1 aromatic carbocycles. The summed E-state index contributed by atoms with van der Waals surface area (Å²) in [5, 5.41) is 3.17. The standard InChI is InChI=1S/C21H28N4O/c1-16(2)13-22-21-23-14-19(15-24-21)20(26)25-10-8-18(9-11-25)12-17-6-4-3-5-7-17/h3-7,14-16,18H,8-13H2,1-2H3,(H,22,23,24). The number of carbonyl (C=O) groups is 1. The monoisotopic (exact) mass is 352 g/mol. The fourth-order valence-corrected chi connectivity index (χ4v) is 3.30. The van der Waals surface area contributed by atoms with E-state index in [1.807, 2.05) is 4.90 Å². The van der Waals surface area contributed by atoms with Gasteiger partial charge >= 0.3 is 0 Å². The molecule has 0 aliphatic carbocycles. The summed E-state index contributed by atoms with van der Waals surface area (Å²) in [6.07, 6.45) is 6.47. The smallest absolute Gasteiger partial charge is 0.256 e. The maximum Gasteiger partial charge on any atom is 0.256 e. The Balaban J connectivity index is 1.50. The molecule has 2 heterocycles. The van der Waals surface area contributed by atoms with Gasteiger partial charge in [0.25, 0.3) is 5.91 Å². The minimum absolute atomic E-state index is 0.0403. The van der Waals surface area contributed by atoms with Crippen molar-refractivity contribution in [1.82, 2.24) is 14.9 Å². The van der Waals surface area contributed by atoms with Crippen LogP contribution >= 0.6 is 0 Å². The normalized spacial score (nSPS) is 15.3. The number of likely N-dealkylation sites (tertiary alicyclic amines) is 1. The molecule has 5 heteroatoms. The molecule has 0 unspecified atom stereocenters. The van der Waals surface area contributed by atoms with Crippen molar-refractivity contribution in [3.05, 3.63) is 53.9 Å². The second-order valence-corrected chi connectivity index (χ2v) is 7.50. The van der Waals surface area contributed by atoms with E-state index in [0.29, 0.717) is 23.3 Å². The highest BCUT2D eigenvalue weighted by molar-refractivity contribution is 5.93. The van der Waals surface area contributed by atoms with Crippen LogP contribution in [0.15, 0.2) is 42.7 Å². The van der Waals surface area contributed by atoms with Crippen molar-refractivity contribution in [3.63, 3.8) is 0 Å². The van der Waals surface area contributed by atoms with Gasteiger partial charge in [-0.2, -0.15) is 0 Å². The van der Waals surface area contributed by atoms with Gasteiger partial charge in [0.1, 0.15) is 0 Å². The van der Waals surface area contributed by atoms with Gasteiger partial charge in [-0.15, -0.1) is 0 Å². The van der Waals surface area contributed by atoms with E-state index >= 15 is 0 Å². The largest absolute Gasteiger partial charge is 0.354 e. The molecule has 1 aliphatic rings. The van der Waals surface area contributed by atoms with Crippen LogP contribution in [0.3, 0.4) is 0 Å². The van der Waals surface area contributed by atoms with Gasteiger partial charge in [0.15, 0.2) is 0 Å². The van der Waals surface area contributed by atoms with Gasteiger partial charge in [0.2, 0.25) is 5.95 Å². The predicted octanol–water partition coefficient (Wildman–Crippen LogP) is 3.64. The van der Waals surface area contributed by atoms with Gasteiger partial charge in [0, 0.05) is 32.0 Å². The molecule has 138 valence electrons. The Kier molecular flexibility index (Phi) is 6.21. The molecule has 2 aromatic rings. The zero-order valence-corrected chi connectivity index (χ0v) is 15.7. The number of nitrogens with one attached hydrogen (secondary N) is 1. The zero-order chi connectivity index (χ0) is 18.4. The van der Waals surface area contributed by atoms with Crippen LogP contribution in [-0.4, -0.2) is 40.4 Å². The molecule has 0 radical (unpaired) electrons. The molecule has 1 aromatic heterocycles. The van der Waals surface area contributed by atoms with Crippen molar-refractivity contribution in [2.24, 2.45) is 11.8 Å². The molecule has 1 aliphatic heterocycles. The summed E-state index contributed by atoms with van der Waals surface area (Å²) in [5.74, 6) is 1.80. The van der Waals surface area contributed by atoms with Crippen LogP contribution in [0.4, 0.5) is 5.95 Å². The molecule has 1 N–H and O–H groups in total. The minimum Gasteiger partial charge on any atom is -0.354 e.